The molecule has 34 heavy (non-hydrogen) atoms. The van der Waals surface area contributed by atoms with E-state index in [1.165, 1.54) is 33.0 Å². The van der Waals surface area contributed by atoms with Gasteiger partial charge in [0.25, 0.3) is 0 Å². The highest BCUT2D eigenvalue weighted by Gasteiger charge is 2.12. The topological polar surface area (TPSA) is 3.24 Å². The first-order chi connectivity index (χ1) is 16.5. The SMILES string of the molecule is Cc1ccc(N(c2ccc(C)cc2)c2ccc(C=Cc3ccc4cc(Br)ccc4c3)cc2)cc1. The lowest BCUT2D eigenvalue weighted by molar-refractivity contribution is 1.27. The van der Waals surface area contributed by atoms with E-state index >= 15 is 0 Å². The van der Waals surface area contributed by atoms with Gasteiger partial charge in [0.2, 0.25) is 0 Å². The van der Waals surface area contributed by atoms with Gasteiger partial charge in [-0.2, -0.15) is 0 Å². The molecule has 0 spiro atoms. The summed E-state index contributed by atoms with van der Waals surface area (Å²) in [5.41, 5.74) is 8.33. The third kappa shape index (κ3) is 4.98. The Morgan fingerprint density at radius 3 is 1.53 bits per heavy atom. The molecule has 5 aromatic rings. The highest BCUT2D eigenvalue weighted by atomic mass is 79.9. The van der Waals surface area contributed by atoms with Crippen LogP contribution < -0.4 is 4.90 Å². The number of nitrogens with zero attached hydrogens (tertiary/aromatic N) is 1. The lowest BCUT2D eigenvalue weighted by Crippen LogP contribution is -2.09. The minimum Gasteiger partial charge on any atom is -0.311 e. The molecule has 0 amide bonds. The largest absolute Gasteiger partial charge is 0.311 e. The van der Waals surface area contributed by atoms with Crippen LogP contribution in [0.25, 0.3) is 22.9 Å². The van der Waals surface area contributed by atoms with Crippen molar-refractivity contribution < 1.29 is 0 Å². The summed E-state index contributed by atoms with van der Waals surface area (Å²) < 4.78 is 1.11. The summed E-state index contributed by atoms with van der Waals surface area (Å²) in [5, 5.41) is 2.48. The summed E-state index contributed by atoms with van der Waals surface area (Å²) in [6, 6.07) is 39.1. The van der Waals surface area contributed by atoms with Gasteiger partial charge in [-0.25, -0.2) is 0 Å². The Balaban J connectivity index is 1.43. The van der Waals surface area contributed by atoms with E-state index in [1.807, 2.05) is 0 Å². The van der Waals surface area contributed by atoms with Crippen LogP contribution in [-0.4, -0.2) is 0 Å². The first-order valence-corrected chi connectivity index (χ1v) is 12.3. The van der Waals surface area contributed by atoms with Crippen molar-refractivity contribution in [2.75, 3.05) is 4.90 Å². The van der Waals surface area contributed by atoms with Crippen molar-refractivity contribution in [3.63, 3.8) is 0 Å². The quantitative estimate of drug-likeness (QED) is 0.215. The molecular formula is C32H26BrN. The molecule has 0 fully saturated rings. The first-order valence-electron chi connectivity index (χ1n) is 11.5. The van der Waals surface area contributed by atoms with Gasteiger partial charge >= 0.3 is 0 Å². The third-order valence-corrected chi connectivity index (χ3v) is 6.52. The number of hydrogen-bond acceptors (Lipinski definition) is 1. The van der Waals surface area contributed by atoms with Gasteiger partial charge in [-0.1, -0.05) is 93.8 Å². The number of aryl methyl sites for hydroxylation is 2. The Morgan fingerprint density at radius 2 is 0.941 bits per heavy atom. The van der Waals surface area contributed by atoms with E-state index < -0.39 is 0 Å². The summed E-state index contributed by atoms with van der Waals surface area (Å²) in [5.74, 6) is 0. The van der Waals surface area contributed by atoms with Crippen LogP contribution in [0.3, 0.4) is 0 Å². The number of fused-ring (bicyclic) bond motifs is 1. The summed E-state index contributed by atoms with van der Waals surface area (Å²) in [7, 11) is 0. The number of halogens is 1. The molecule has 0 heterocycles. The van der Waals surface area contributed by atoms with Crippen LogP contribution in [-0.2, 0) is 0 Å². The van der Waals surface area contributed by atoms with Gasteiger partial charge in [-0.05, 0) is 90.3 Å². The molecule has 0 aromatic heterocycles. The molecule has 166 valence electrons. The normalized spacial score (nSPS) is 11.3. The van der Waals surface area contributed by atoms with Crippen molar-refractivity contribution in [1.29, 1.82) is 0 Å². The molecule has 0 aliphatic heterocycles. The second kappa shape index (κ2) is 9.70. The maximum absolute atomic E-state index is 3.55. The van der Waals surface area contributed by atoms with Gasteiger partial charge in [0.1, 0.15) is 0 Å². The molecule has 0 bridgehead atoms. The number of benzene rings is 5. The molecule has 0 saturated heterocycles. The zero-order valence-corrected chi connectivity index (χ0v) is 21.0. The summed E-state index contributed by atoms with van der Waals surface area (Å²) in [4.78, 5) is 2.30. The minimum absolute atomic E-state index is 1.11. The van der Waals surface area contributed by atoms with E-state index in [0.29, 0.717) is 0 Å². The van der Waals surface area contributed by atoms with Crippen LogP contribution in [0.5, 0.6) is 0 Å². The minimum atomic E-state index is 1.11. The van der Waals surface area contributed by atoms with Crippen LogP contribution in [0.2, 0.25) is 0 Å². The van der Waals surface area contributed by atoms with Crippen molar-refractivity contribution in [3.8, 4) is 0 Å². The van der Waals surface area contributed by atoms with Gasteiger partial charge in [-0.3, -0.25) is 0 Å². The Kier molecular flexibility index (Phi) is 6.33. The predicted octanol–water partition coefficient (Wildman–Crippen LogP) is 9.86. The van der Waals surface area contributed by atoms with E-state index in [0.717, 1.165) is 21.5 Å². The molecule has 0 N–H and O–H groups in total. The smallest absolute Gasteiger partial charge is 0.0462 e. The van der Waals surface area contributed by atoms with Crippen molar-refractivity contribution in [3.05, 3.63) is 136 Å². The molecule has 0 radical (unpaired) electrons. The average Bonchev–Trinajstić information content (AvgIpc) is 2.86. The molecule has 0 aliphatic carbocycles. The lowest BCUT2D eigenvalue weighted by atomic mass is 10.1. The Hall–Kier alpha value is -3.62. The van der Waals surface area contributed by atoms with Gasteiger partial charge in [0.05, 0.1) is 0 Å². The fourth-order valence-corrected chi connectivity index (χ4v) is 4.48. The van der Waals surface area contributed by atoms with Gasteiger partial charge in [-0.15, -0.1) is 0 Å². The van der Waals surface area contributed by atoms with Gasteiger partial charge < -0.3 is 4.90 Å². The van der Waals surface area contributed by atoms with Crippen molar-refractivity contribution in [2.45, 2.75) is 13.8 Å². The van der Waals surface area contributed by atoms with E-state index in [1.54, 1.807) is 0 Å². The average molecular weight is 504 g/mol. The van der Waals surface area contributed by atoms with E-state index in [4.69, 9.17) is 0 Å². The van der Waals surface area contributed by atoms with Crippen molar-refractivity contribution in [2.24, 2.45) is 0 Å². The number of anilines is 3. The predicted molar refractivity (Wildman–Crippen MR) is 151 cm³/mol. The van der Waals surface area contributed by atoms with Crippen LogP contribution in [0.4, 0.5) is 17.1 Å². The van der Waals surface area contributed by atoms with Crippen LogP contribution in [0, 0.1) is 13.8 Å². The highest BCUT2D eigenvalue weighted by Crippen LogP contribution is 2.35. The molecule has 0 unspecified atom stereocenters. The Bertz CT molecular complexity index is 1400. The highest BCUT2D eigenvalue weighted by molar-refractivity contribution is 9.10. The molecular weight excluding hydrogens is 478 g/mol. The van der Waals surface area contributed by atoms with Crippen LogP contribution in [0.15, 0.2) is 114 Å². The molecule has 0 aliphatic rings. The van der Waals surface area contributed by atoms with Gasteiger partial charge in [0, 0.05) is 21.5 Å². The fraction of sp³-hybridized carbons (Fsp3) is 0.0625. The number of rotatable bonds is 5. The zero-order chi connectivity index (χ0) is 23.5. The van der Waals surface area contributed by atoms with Crippen LogP contribution in [0.1, 0.15) is 22.3 Å². The monoisotopic (exact) mass is 503 g/mol. The Morgan fingerprint density at radius 1 is 0.500 bits per heavy atom. The van der Waals surface area contributed by atoms with E-state index in [-0.39, 0.29) is 0 Å². The lowest BCUT2D eigenvalue weighted by Gasteiger charge is -2.25. The maximum atomic E-state index is 3.55. The van der Waals surface area contributed by atoms with E-state index in [2.05, 4.69) is 156 Å². The second-order valence-corrected chi connectivity index (χ2v) is 9.60. The third-order valence-electron chi connectivity index (χ3n) is 6.03. The van der Waals surface area contributed by atoms with E-state index in [9.17, 15) is 0 Å². The summed E-state index contributed by atoms with van der Waals surface area (Å²) in [6.07, 6.45) is 4.35. The van der Waals surface area contributed by atoms with Crippen LogP contribution >= 0.6 is 15.9 Å². The van der Waals surface area contributed by atoms with Crippen molar-refractivity contribution in [1.82, 2.24) is 0 Å². The Labute approximate surface area is 210 Å². The van der Waals surface area contributed by atoms with Gasteiger partial charge in [0.15, 0.2) is 0 Å². The molecule has 2 heteroatoms. The summed E-state index contributed by atoms with van der Waals surface area (Å²) in [6.45, 7) is 4.24. The molecule has 0 saturated carbocycles. The molecule has 5 aromatic carbocycles. The first kappa shape index (κ1) is 22.2. The molecule has 1 nitrogen and oxygen atoms in total. The maximum Gasteiger partial charge on any atom is 0.0462 e. The standard InChI is InChI=1S/C32H26BrN/c1-23-3-15-30(16-4-23)34(31-17-5-24(2)6-18-31)32-19-10-25(11-20-32)7-8-26-9-12-28-22-29(33)14-13-27(28)21-26/h3-22H,1-2H3. The molecule has 0 atom stereocenters. The second-order valence-electron chi connectivity index (χ2n) is 8.68. The fourth-order valence-electron chi connectivity index (χ4n) is 4.10. The van der Waals surface area contributed by atoms with Crippen molar-refractivity contribution >= 4 is 55.9 Å². The number of hydrogen-bond donors (Lipinski definition) is 0. The summed E-state index contributed by atoms with van der Waals surface area (Å²) >= 11 is 3.55. The molecule has 5 rings (SSSR count). The zero-order valence-electron chi connectivity index (χ0n) is 19.4.